The Morgan fingerprint density at radius 1 is 1.25 bits per heavy atom. The standard InChI is InChI=1S/C6H8N2O3S/c7-4-1-2-5(8)6(3-4)12(9,10)11/h1-3H,7-8H2,(H,9,10,11)/p-1. The van der Waals surface area contributed by atoms with Gasteiger partial charge in [-0.2, -0.15) is 0 Å². The Hall–Kier alpha value is -1.27. The van der Waals surface area contributed by atoms with E-state index in [1.54, 1.807) is 0 Å². The molecule has 1 rings (SSSR count). The molecule has 4 N–H and O–H groups in total. The molecule has 0 aliphatic rings. The van der Waals surface area contributed by atoms with Crippen molar-refractivity contribution >= 4 is 21.5 Å². The second-order valence-electron chi connectivity index (χ2n) is 2.25. The highest BCUT2D eigenvalue weighted by atomic mass is 32.2. The van der Waals surface area contributed by atoms with Crippen LogP contribution in [0.1, 0.15) is 0 Å². The first kappa shape index (κ1) is 8.82. The van der Waals surface area contributed by atoms with Gasteiger partial charge in [0.1, 0.15) is 10.1 Å². The number of rotatable bonds is 1. The second-order valence-corrected chi connectivity index (χ2v) is 3.60. The van der Waals surface area contributed by atoms with Crippen LogP contribution in [-0.4, -0.2) is 13.0 Å². The van der Waals surface area contributed by atoms with Crippen molar-refractivity contribution < 1.29 is 13.0 Å². The number of hydrogen-bond acceptors (Lipinski definition) is 5. The van der Waals surface area contributed by atoms with E-state index in [2.05, 4.69) is 0 Å². The maximum atomic E-state index is 10.5. The van der Waals surface area contributed by atoms with Gasteiger partial charge in [0.15, 0.2) is 0 Å². The maximum Gasteiger partial charge on any atom is 0.126 e. The molecule has 12 heavy (non-hydrogen) atoms. The number of hydrogen-bond donors (Lipinski definition) is 2. The van der Waals surface area contributed by atoms with Gasteiger partial charge >= 0.3 is 0 Å². The lowest BCUT2D eigenvalue weighted by atomic mass is 10.3. The van der Waals surface area contributed by atoms with Gasteiger partial charge in [0.25, 0.3) is 0 Å². The van der Waals surface area contributed by atoms with Crippen molar-refractivity contribution in [2.24, 2.45) is 0 Å². The Balaban J connectivity index is 3.43. The van der Waals surface area contributed by atoms with Crippen molar-refractivity contribution in [1.29, 1.82) is 0 Å². The van der Waals surface area contributed by atoms with E-state index in [9.17, 15) is 13.0 Å². The van der Waals surface area contributed by atoms with Gasteiger partial charge in [-0.15, -0.1) is 0 Å². The fourth-order valence-electron chi connectivity index (χ4n) is 0.767. The maximum absolute atomic E-state index is 10.5. The largest absolute Gasteiger partial charge is 0.744 e. The van der Waals surface area contributed by atoms with Crippen molar-refractivity contribution in [3.63, 3.8) is 0 Å². The van der Waals surface area contributed by atoms with E-state index in [0.29, 0.717) is 0 Å². The Morgan fingerprint density at radius 3 is 2.25 bits per heavy atom. The molecular formula is C6H7N2O3S-. The van der Waals surface area contributed by atoms with Crippen molar-refractivity contribution in [3.8, 4) is 0 Å². The lowest BCUT2D eigenvalue weighted by Crippen LogP contribution is -2.04. The zero-order valence-electron chi connectivity index (χ0n) is 6.02. The normalized spacial score (nSPS) is 11.4. The minimum atomic E-state index is -4.51. The molecule has 0 aliphatic carbocycles. The summed E-state index contributed by atoms with van der Waals surface area (Å²) in [6.45, 7) is 0. The molecule has 0 bridgehead atoms. The van der Waals surface area contributed by atoms with Crippen molar-refractivity contribution in [2.75, 3.05) is 11.5 Å². The van der Waals surface area contributed by atoms with Crippen LogP contribution in [0.4, 0.5) is 11.4 Å². The molecule has 0 unspecified atom stereocenters. The van der Waals surface area contributed by atoms with Crippen LogP contribution in [0.3, 0.4) is 0 Å². The minimum Gasteiger partial charge on any atom is -0.744 e. The van der Waals surface area contributed by atoms with Gasteiger partial charge in [-0.25, -0.2) is 8.42 Å². The second kappa shape index (κ2) is 2.65. The van der Waals surface area contributed by atoms with E-state index >= 15 is 0 Å². The molecule has 0 atom stereocenters. The van der Waals surface area contributed by atoms with Crippen LogP contribution >= 0.6 is 0 Å². The lowest BCUT2D eigenvalue weighted by molar-refractivity contribution is 0.463. The predicted octanol–water partition coefficient (Wildman–Crippen LogP) is -0.245. The zero-order chi connectivity index (χ0) is 9.35. The van der Waals surface area contributed by atoms with Gasteiger partial charge in [-0.1, -0.05) is 0 Å². The van der Waals surface area contributed by atoms with E-state index in [1.807, 2.05) is 0 Å². The Morgan fingerprint density at radius 2 is 1.83 bits per heavy atom. The molecule has 0 amide bonds. The van der Waals surface area contributed by atoms with Crippen LogP contribution in [0.15, 0.2) is 23.1 Å². The number of anilines is 2. The van der Waals surface area contributed by atoms with Gasteiger partial charge in [0.2, 0.25) is 0 Å². The monoisotopic (exact) mass is 187 g/mol. The summed E-state index contributed by atoms with van der Waals surface area (Å²) in [5.41, 5.74) is 10.6. The molecule has 1 aromatic carbocycles. The first-order valence-corrected chi connectivity index (χ1v) is 4.43. The summed E-state index contributed by atoms with van der Waals surface area (Å²) in [6, 6.07) is 3.74. The average molecular weight is 187 g/mol. The molecular weight excluding hydrogens is 180 g/mol. The smallest absolute Gasteiger partial charge is 0.126 e. The quantitative estimate of drug-likeness (QED) is 0.465. The van der Waals surface area contributed by atoms with E-state index in [1.165, 1.54) is 12.1 Å². The average Bonchev–Trinajstić information content (AvgIpc) is 1.92. The summed E-state index contributed by atoms with van der Waals surface area (Å²) in [5.74, 6) is 0. The topological polar surface area (TPSA) is 109 Å². The number of nitrogens with two attached hydrogens (primary N) is 2. The van der Waals surface area contributed by atoms with Gasteiger partial charge in [0.05, 0.1) is 4.90 Å². The molecule has 0 saturated carbocycles. The fraction of sp³-hybridized carbons (Fsp3) is 0. The highest BCUT2D eigenvalue weighted by Gasteiger charge is 2.05. The Labute approximate surface area is 69.7 Å². The Kier molecular flexibility index (Phi) is 1.95. The molecule has 0 aliphatic heterocycles. The zero-order valence-corrected chi connectivity index (χ0v) is 6.84. The number of nitrogen functional groups attached to an aromatic ring is 2. The fourth-order valence-corrected chi connectivity index (χ4v) is 1.40. The summed E-state index contributed by atoms with van der Waals surface area (Å²) in [7, 11) is -4.51. The highest BCUT2D eigenvalue weighted by molar-refractivity contribution is 7.86. The first-order valence-electron chi connectivity index (χ1n) is 3.02. The van der Waals surface area contributed by atoms with E-state index in [4.69, 9.17) is 11.5 Å². The van der Waals surface area contributed by atoms with E-state index < -0.39 is 15.0 Å². The van der Waals surface area contributed by atoms with Crippen molar-refractivity contribution in [2.45, 2.75) is 4.90 Å². The molecule has 5 nitrogen and oxygen atoms in total. The van der Waals surface area contributed by atoms with Crippen LogP contribution in [0, 0.1) is 0 Å². The van der Waals surface area contributed by atoms with Crippen LogP contribution in [0.25, 0.3) is 0 Å². The van der Waals surface area contributed by atoms with Gasteiger partial charge in [0, 0.05) is 11.4 Å². The molecule has 1 aromatic rings. The van der Waals surface area contributed by atoms with Crippen LogP contribution < -0.4 is 11.5 Å². The SMILES string of the molecule is Nc1ccc(N)c(S(=O)(=O)[O-])c1. The summed E-state index contributed by atoms with van der Waals surface area (Å²) >= 11 is 0. The summed E-state index contributed by atoms with van der Waals surface area (Å²) in [5, 5.41) is 0. The van der Waals surface area contributed by atoms with Crippen LogP contribution in [0.2, 0.25) is 0 Å². The van der Waals surface area contributed by atoms with E-state index in [-0.39, 0.29) is 11.4 Å². The summed E-state index contributed by atoms with van der Waals surface area (Å²) < 4.78 is 31.5. The molecule has 0 fully saturated rings. The van der Waals surface area contributed by atoms with Gasteiger partial charge in [-0.3, -0.25) is 0 Å². The van der Waals surface area contributed by atoms with Crippen LogP contribution in [-0.2, 0) is 10.1 Å². The van der Waals surface area contributed by atoms with Gasteiger partial charge < -0.3 is 16.0 Å². The molecule has 0 heterocycles. The molecule has 6 heteroatoms. The molecule has 0 saturated heterocycles. The molecule has 0 aromatic heterocycles. The van der Waals surface area contributed by atoms with E-state index in [0.717, 1.165) is 6.07 Å². The third-order valence-electron chi connectivity index (χ3n) is 1.31. The third-order valence-corrected chi connectivity index (χ3v) is 2.20. The highest BCUT2D eigenvalue weighted by Crippen LogP contribution is 2.20. The lowest BCUT2D eigenvalue weighted by Gasteiger charge is -2.09. The van der Waals surface area contributed by atoms with Crippen molar-refractivity contribution in [1.82, 2.24) is 0 Å². The van der Waals surface area contributed by atoms with Crippen LogP contribution in [0.5, 0.6) is 0 Å². The van der Waals surface area contributed by atoms with Gasteiger partial charge in [-0.05, 0) is 18.2 Å². The predicted molar refractivity (Wildman–Crippen MR) is 43.2 cm³/mol. The molecule has 0 spiro atoms. The van der Waals surface area contributed by atoms with Crippen molar-refractivity contribution in [3.05, 3.63) is 18.2 Å². The minimum absolute atomic E-state index is 0.0841. The number of benzene rings is 1. The first-order chi connectivity index (χ1) is 5.41. The summed E-state index contributed by atoms with van der Waals surface area (Å²) in [4.78, 5) is -0.470. The molecule has 66 valence electrons. The molecule has 0 radical (unpaired) electrons. The summed E-state index contributed by atoms with van der Waals surface area (Å²) in [6.07, 6.45) is 0. The third kappa shape index (κ3) is 1.66. The Bertz CT molecular complexity index is 399.